The van der Waals surface area contributed by atoms with Gasteiger partial charge in [0.1, 0.15) is 11.9 Å². The summed E-state index contributed by atoms with van der Waals surface area (Å²) in [7, 11) is 0. The summed E-state index contributed by atoms with van der Waals surface area (Å²) < 4.78 is 0. The van der Waals surface area contributed by atoms with Crippen LogP contribution < -0.4 is 27.2 Å². The summed E-state index contributed by atoms with van der Waals surface area (Å²) in [6.45, 7) is -0.0691. The van der Waals surface area contributed by atoms with Crippen LogP contribution in [-0.2, 0) is 9.59 Å². The predicted octanol–water partition coefficient (Wildman–Crippen LogP) is 1.73. The summed E-state index contributed by atoms with van der Waals surface area (Å²) in [5.41, 5.74) is 9.28. The van der Waals surface area contributed by atoms with E-state index in [9.17, 15) is 14.4 Å². The third kappa shape index (κ3) is 8.25. The normalized spacial score (nSPS) is 10.5. The molecule has 2 aromatic carbocycles. The Morgan fingerprint density at radius 2 is 1.58 bits per heavy atom. The SMILES string of the molecule is C.NC[C@H](NC(=O)c1ccc(C#Cc2ccc(NC(=O)CNc3ccccn3)cc2)cc1)C(=O)NO. The monoisotopic (exact) mass is 488 g/mol. The molecule has 36 heavy (non-hydrogen) atoms. The van der Waals surface area contributed by atoms with Crippen molar-refractivity contribution in [2.75, 3.05) is 23.7 Å². The second-order valence-corrected chi connectivity index (χ2v) is 7.26. The van der Waals surface area contributed by atoms with Crippen LogP contribution in [0.15, 0.2) is 72.9 Å². The fourth-order valence-electron chi connectivity index (χ4n) is 2.88. The minimum absolute atomic E-state index is 0. The first kappa shape index (κ1) is 27.5. The van der Waals surface area contributed by atoms with E-state index in [4.69, 9.17) is 10.9 Å². The number of hydroxylamine groups is 1. The molecule has 1 aromatic heterocycles. The van der Waals surface area contributed by atoms with Gasteiger partial charge < -0.3 is 21.7 Å². The maximum absolute atomic E-state index is 12.2. The molecule has 0 unspecified atom stereocenters. The van der Waals surface area contributed by atoms with E-state index in [1.165, 1.54) is 5.48 Å². The number of aromatic nitrogens is 1. The van der Waals surface area contributed by atoms with Gasteiger partial charge >= 0.3 is 0 Å². The summed E-state index contributed by atoms with van der Waals surface area (Å²) in [5, 5.41) is 16.9. The van der Waals surface area contributed by atoms with Crippen LogP contribution in [-0.4, -0.2) is 47.0 Å². The molecule has 10 nitrogen and oxygen atoms in total. The maximum atomic E-state index is 12.2. The Hall–Kier alpha value is -4.72. The van der Waals surface area contributed by atoms with Crippen LogP contribution in [0.3, 0.4) is 0 Å². The zero-order chi connectivity index (χ0) is 25.0. The van der Waals surface area contributed by atoms with Crippen molar-refractivity contribution < 1.29 is 19.6 Å². The molecule has 7 N–H and O–H groups in total. The predicted molar refractivity (Wildman–Crippen MR) is 137 cm³/mol. The molecule has 0 aliphatic rings. The Balaban J connectivity index is 0.00000456. The number of benzene rings is 2. The number of nitrogens with two attached hydrogens (primary N) is 1. The van der Waals surface area contributed by atoms with Crippen molar-refractivity contribution in [3.63, 3.8) is 0 Å². The van der Waals surface area contributed by atoms with Crippen molar-refractivity contribution >= 4 is 29.2 Å². The van der Waals surface area contributed by atoms with Crippen LogP contribution in [0.25, 0.3) is 0 Å². The molecule has 3 amide bonds. The molecule has 3 aromatic rings. The quantitative estimate of drug-likeness (QED) is 0.160. The topological polar surface area (TPSA) is 158 Å². The van der Waals surface area contributed by atoms with Crippen molar-refractivity contribution in [1.82, 2.24) is 15.8 Å². The molecule has 0 saturated carbocycles. The lowest BCUT2D eigenvalue weighted by molar-refractivity contribution is -0.130. The third-order valence-electron chi connectivity index (χ3n) is 4.73. The molecule has 10 heteroatoms. The maximum Gasteiger partial charge on any atom is 0.267 e. The van der Waals surface area contributed by atoms with E-state index >= 15 is 0 Å². The van der Waals surface area contributed by atoms with Gasteiger partial charge in [0.05, 0.1) is 6.54 Å². The summed E-state index contributed by atoms with van der Waals surface area (Å²) in [6, 6.07) is 17.9. The standard InChI is InChI=1S/C25H24N6O4.CH4/c26-15-21(25(34)31-35)30-24(33)19-10-6-17(7-11-19)4-5-18-8-12-20(13-9-18)29-23(32)16-28-22-3-1-2-14-27-22;/h1-3,6-14,21,35H,15-16,26H2,(H,27,28)(H,29,32)(H,30,33)(H,31,34);1H4/t21-;/m0./s1. The second-order valence-electron chi connectivity index (χ2n) is 7.26. The van der Waals surface area contributed by atoms with Gasteiger partial charge in [0.15, 0.2) is 0 Å². The average Bonchev–Trinajstić information content (AvgIpc) is 2.90. The summed E-state index contributed by atoms with van der Waals surface area (Å²) >= 11 is 0. The molecular weight excluding hydrogens is 460 g/mol. The van der Waals surface area contributed by atoms with Crippen LogP contribution in [0.2, 0.25) is 0 Å². The van der Waals surface area contributed by atoms with Crippen molar-refractivity contribution in [1.29, 1.82) is 0 Å². The zero-order valence-corrected chi connectivity index (χ0v) is 18.6. The van der Waals surface area contributed by atoms with E-state index in [0.717, 1.165) is 5.56 Å². The smallest absolute Gasteiger partial charge is 0.267 e. The van der Waals surface area contributed by atoms with Crippen LogP contribution >= 0.6 is 0 Å². The number of hydrogen-bond donors (Lipinski definition) is 6. The molecule has 1 atom stereocenters. The van der Waals surface area contributed by atoms with Crippen LogP contribution in [0.1, 0.15) is 28.9 Å². The number of nitrogens with one attached hydrogen (secondary N) is 4. The van der Waals surface area contributed by atoms with Gasteiger partial charge in [0, 0.05) is 35.1 Å². The van der Waals surface area contributed by atoms with Gasteiger partial charge in [-0.15, -0.1) is 0 Å². The van der Waals surface area contributed by atoms with Crippen LogP contribution in [0, 0.1) is 11.8 Å². The number of carbonyl (C=O) groups is 3. The van der Waals surface area contributed by atoms with Crippen molar-refractivity contribution in [3.8, 4) is 11.8 Å². The highest BCUT2D eigenvalue weighted by molar-refractivity contribution is 5.97. The van der Waals surface area contributed by atoms with Gasteiger partial charge in [-0.3, -0.25) is 19.6 Å². The number of anilines is 2. The molecule has 0 saturated heterocycles. The Morgan fingerprint density at radius 3 is 2.14 bits per heavy atom. The van der Waals surface area contributed by atoms with Crippen LogP contribution in [0.4, 0.5) is 11.5 Å². The lowest BCUT2D eigenvalue weighted by atomic mass is 10.1. The number of rotatable bonds is 8. The number of carbonyl (C=O) groups excluding carboxylic acids is 3. The van der Waals surface area contributed by atoms with Gasteiger partial charge in [-0.25, -0.2) is 10.5 Å². The second kappa shape index (κ2) is 13.9. The first-order valence-corrected chi connectivity index (χ1v) is 10.6. The van der Waals surface area contributed by atoms with Crippen molar-refractivity contribution in [2.24, 2.45) is 5.73 Å². The molecule has 0 radical (unpaired) electrons. The largest absolute Gasteiger partial charge is 0.361 e. The molecule has 0 aliphatic carbocycles. The van der Waals surface area contributed by atoms with E-state index in [1.807, 2.05) is 6.07 Å². The fraction of sp³-hybridized carbons (Fsp3) is 0.154. The lowest BCUT2D eigenvalue weighted by Crippen LogP contribution is -2.50. The number of pyridine rings is 1. The zero-order valence-electron chi connectivity index (χ0n) is 18.6. The van der Waals surface area contributed by atoms with Crippen LogP contribution in [0.5, 0.6) is 0 Å². The number of nitrogens with zero attached hydrogens (tertiary/aromatic N) is 1. The lowest BCUT2D eigenvalue weighted by Gasteiger charge is -2.14. The summed E-state index contributed by atoms with van der Waals surface area (Å²) in [4.78, 5) is 39.9. The molecule has 1 heterocycles. The minimum Gasteiger partial charge on any atom is -0.361 e. The van der Waals surface area contributed by atoms with Crippen molar-refractivity contribution in [2.45, 2.75) is 13.5 Å². The van der Waals surface area contributed by atoms with E-state index in [0.29, 0.717) is 22.6 Å². The first-order chi connectivity index (χ1) is 17.0. The van der Waals surface area contributed by atoms with E-state index in [-0.39, 0.29) is 26.4 Å². The molecule has 3 rings (SSSR count). The van der Waals surface area contributed by atoms with E-state index in [2.05, 4.69) is 32.8 Å². The molecule has 0 fully saturated rings. The third-order valence-corrected chi connectivity index (χ3v) is 4.73. The Morgan fingerprint density at radius 1 is 0.944 bits per heavy atom. The molecule has 0 bridgehead atoms. The molecule has 0 spiro atoms. The highest BCUT2D eigenvalue weighted by Crippen LogP contribution is 2.10. The highest BCUT2D eigenvalue weighted by Gasteiger charge is 2.19. The Labute approximate surface area is 209 Å². The molecule has 0 aliphatic heterocycles. The highest BCUT2D eigenvalue weighted by atomic mass is 16.5. The van der Waals surface area contributed by atoms with Gasteiger partial charge in [0.2, 0.25) is 5.91 Å². The van der Waals surface area contributed by atoms with Gasteiger partial charge in [-0.2, -0.15) is 0 Å². The Kier molecular flexibility index (Phi) is 10.6. The van der Waals surface area contributed by atoms with Gasteiger partial charge in [-0.05, 0) is 60.7 Å². The van der Waals surface area contributed by atoms with Gasteiger partial charge in [0.25, 0.3) is 11.8 Å². The van der Waals surface area contributed by atoms with E-state index < -0.39 is 17.9 Å². The average molecular weight is 489 g/mol. The van der Waals surface area contributed by atoms with Crippen molar-refractivity contribution in [3.05, 3.63) is 89.6 Å². The number of amides is 3. The van der Waals surface area contributed by atoms with E-state index in [1.54, 1.807) is 66.9 Å². The molecular formula is C26H28N6O4. The summed E-state index contributed by atoms with van der Waals surface area (Å²) in [5.74, 6) is 5.14. The summed E-state index contributed by atoms with van der Waals surface area (Å²) in [6.07, 6.45) is 1.64. The molecule has 186 valence electrons. The first-order valence-electron chi connectivity index (χ1n) is 10.6. The minimum atomic E-state index is -1.04. The Bertz CT molecular complexity index is 1220. The fourth-order valence-corrected chi connectivity index (χ4v) is 2.88. The number of hydrogen-bond acceptors (Lipinski definition) is 7. The van der Waals surface area contributed by atoms with Gasteiger partial charge in [-0.1, -0.05) is 25.3 Å².